The van der Waals surface area contributed by atoms with Gasteiger partial charge < -0.3 is 15.0 Å². The van der Waals surface area contributed by atoms with Crippen molar-refractivity contribution in [1.82, 2.24) is 15.1 Å². The summed E-state index contributed by atoms with van der Waals surface area (Å²) in [4.78, 5) is 10.00. The molecule has 1 saturated carbocycles. The Hall–Kier alpha value is -0.810. The smallest absolute Gasteiger partial charge is 0.193 e. The van der Waals surface area contributed by atoms with Crippen LogP contribution in [0.2, 0.25) is 0 Å². The zero-order valence-electron chi connectivity index (χ0n) is 15.2. The monoisotopic (exact) mass is 322 g/mol. The normalized spacial score (nSPS) is 28.6. The highest BCUT2D eigenvalue weighted by Crippen LogP contribution is 2.38. The van der Waals surface area contributed by atoms with E-state index in [9.17, 15) is 0 Å². The maximum absolute atomic E-state index is 5.65. The Bertz CT molecular complexity index is 411. The van der Waals surface area contributed by atoms with Crippen molar-refractivity contribution in [3.8, 4) is 0 Å². The van der Waals surface area contributed by atoms with Crippen molar-refractivity contribution in [1.29, 1.82) is 0 Å². The third-order valence-corrected chi connectivity index (χ3v) is 5.56. The summed E-state index contributed by atoms with van der Waals surface area (Å²) in [5, 5.41) is 3.50. The van der Waals surface area contributed by atoms with Gasteiger partial charge in [0, 0.05) is 50.3 Å². The number of nitrogens with one attached hydrogen (secondary N) is 1. The zero-order chi connectivity index (χ0) is 16.3. The molecule has 2 aliphatic heterocycles. The molecule has 1 aliphatic carbocycles. The number of likely N-dealkylation sites (tertiary alicyclic amines) is 1. The van der Waals surface area contributed by atoms with Gasteiger partial charge in [0.1, 0.15) is 0 Å². The molecule has 1 spiro atoms. The van der Waals surface area contributed by atoms with Gasteiger partial charge in [-0.1, -0.05) is 0 Å². The predicted octanol–water partition coefficient (Wildman–Crippen LogP) is 1.94. The van der Waals surface area contributed by atoms with Crippen LogP contribution >= 0.6 is 0 Å². The SMILES string of the molecule is CCNC(=NCCN(C(C)C)C1CC1)N1CCC2(CCOC2)C1. The molecule has 0 aromatic carbocycles. The van der Waals surface area contributed by atoms with Gasteiger partial charge in [-0.25, -0.2) is 0 Å². The lowest BCUT2D eigenvalue weighted by Gasteiger charge is -2.27. The van der Waals surface area contributed by atoms with Gasteiger partial charge in [-0.3, -0.25) is 9.89 Å². The molecule has 0 amide bonds. The first-order valence-electron chi connectivity index (χ1n) is 9.50. The molecule has 5 heteroatoms. The van der Waals surface area contributed by atoms with Crippen molar-refractivity contribution in [2.45, 2.75) is 58.5 Å². The van der Waals surface area contributed by atoms with Gasteiger partial charge in [0.2, 0.25) is 0 Å². The van der Waals surface area contributed by atoms with Crippen molar-refractivity contribution in [2.75, 3.05) is 45.9 Å². The van der Waals surface area contributed by atoms with E-state index in [0.29, 0.717) is 11.5 Å². The Balaban J connectivity index is 1.55. The Morgan fingerprint density at radius 3 is 2.83 bits per heavy atom. The molecule has 0 aromatic rings. The highest BCUT2D eigenvalue weighted by Gasteiger charge is 2.42. The standard InChI is InChI=1S/C18H34N4O/c1-4-19-17(20-9-11-22(15(2)3)16-5-6-16)21-10-7-18(13-21)8-12-23-14-18/h15-16H,4-14H2,1-3H3,(H,19,20). The van der Waals surface area contributed by atoms with Crippen molar-refractivity contribution >= 4 is 5.96 Å². The molecule has 23 heavy (non-hydrogen) atoms. The number of hydrogen-bond acceptors (Lipinski definition) is 3. The van der Waals surface area contributed by atoms with Gasteiger partial charge >= 0.3 is 0 Å². The van der Waals surface area contributed by atoms with Gasteiger partial charge in [-0.2, -0.15) is 0 Å². The van der Waals surface area contributed by atoms with E-state index in [1.807, 2.05) is 0 Å². The molecule has 1 atom stereocenters. The largest absolute Gasteiger partial charge is 0.381 e. The molecular formula is C18H34N4O. The first-order chi connectivity index (χ1) is 11.1. The second kappa shape index (κ2) is 7.39. The van der Waals surface area contributed by atoms with Crippen LogP contribution in [-0.2, 0) is 4.74 Å². The summed E-state index contributed by atoms with van der Waals surface area (Å²) in [7, 11) is 0. The molecule has 0 bridgehead atoms. The number of aliphatic imine (C=N–C) groups is 1. The summed E-state index contributed by atoms with van der Waals surface area (Å²) >= 11 is 0. The quantitative estimate of drug-likeness (QED) is 0.599. The first kappa shape index (κ1) is 17.0. The number of rotatable bonds is 6. The molecule has 0 radical (unpaired) electrons. The molecule has 5 nitrogen and oxygen atoms in total. The predicted molar refractivity (Wildman–Crippen MR) is 94.9 cm³/mol. The van der Waals surface area contributed by atoms with Crippen LogP contribution in [0.15, 0.2) is 4.99 Å². The Morgan fingerprint density at radius 2 is 2.22 bits per heavy atom. The summed E-state index contributed by atoms with van der Waals surface area (Å²) in [6.07, 6.45) is 5.20. The van der Waals surface area contributed by atoms with Gasteiger partial charge in [0.25, 0.3) is 0 Å². The zero-order valence-corrected chi connectivity index (χ0v) is 15.2. The van der Waals surface area contributed by atoms with Crippen molar-refractivity contribution in [2.24, 2.45) is 10.4 Å². The second-order valence-corrected chi connectivity index (χ2v) is 7.77. The minimum atomic E-state index is 0.397. The maximum Gasteiger partial charge on any atom is 0.193 e. The van der Waals surface area contributed by atoms with E-state index in [4.69, 9.17) is 9.73 Å². The fourth-order valence-corrected chi connectivity index (χ4v) is 4.05. The minimum absolute atomic E-state index is 0.397. The van der Waals surface area contributed by atoms with Crippen molar-refractivity contribution in [3.63, 3.8) is 0 Å². The van der Waals surface area contributed by atoms with Crippen LogP contribution in [0.1, 0.15) is 46.5 Å². The van der Waals surface area contributed by atoms with Crippen molar-refractivity contribution < 1.29 is 4.74 Å². The van der Waals surface area contributed by atoms with Gasteiger partial charge in [-0.05, 0) is 46.5 Å². The van der Waals surface area contributed by atoms with Crippen LogP contribution in [0.4, 0.5) is 0 Å². The molecule has 3 aliphatic rings. The van der Waals surface area contributed by atoms with Gasteiger partial charge in [0.05, 0.1) is 13.2 Å². The summed E-state index contributed by atoms with van der Waals surface area (Å²) < 4.78 is 5.65. The average Bonchev–Trinajstić information content (AvgIpc) is 3.12. The summed E-state index contributed by atoms with van der Waals surface area (Å²) in [6, 6.07) is 1.45. The van der Waals surface area contributed by atoms with E-state index in [2.05, 4.69) is 35.9 Å². The van der Waals surface area contributed by atoms with E-state index >= 15 is 0 Å². The van der Waals surface area contributed by atoms with Gasteiger partial charge in [0.15, 0.2) is 5.96 Å². The fourth-order valence-electron chi connectivity index (χ4n) is 4.05. The average molecular weight is 322 g/mol. The Morgan fingerprint density at radius 1 is 1.39 bits per heavy atom. The molecular weight excluding hydrogens is 288 g/mol. The lowest BCUT2D eigenvalue weighted by Crippen LogP contribution is -2.42. The van der Waals surface area contributed by atoms with E-state index in [0.717, 1.165) is 57.9 Å². The molecule has 1 N–H and O–H groups in total. The lowest BCUT2D eigenvalue weighted by molar-refractivity contribution is 0.156. The number of nitrogens with zero attached hydrogens (tertiary/aromatic N) is 3. The highest BCUT2D eigenvalue weighted by molar-refractivity contribution is 5.80. The van der Waals surface area contributed by atoms with E-state index < -0.39 is 0 Å². The molecule has 0 aromatic heterocycles. The summed E-state index contributed by atoms with van der Waals surface area (Å²) in [5.41, 5.74) is 0.397. The van der Waals surface area contributed by atoms with Crippen LogP contribution in [-0.4, -0.2) is 73.8 Å². The minimum Gasteiger partial charge on any atom is -0.381 e. The third-order valence-electron chi connectivity index (χ3n) is 5.56. The molecule has 2 heterocycles. The second-order valence-electron chi connectivity index (χ2n) is 7.77. The molecule has 3 rings (SSSR count). The molecule has 132 valence electrons. The van der Waals surface area contributed by atoms with Crippen molar-refractivity contribution in [3.05, 3.63) is 0 Å². The Labute approximate surface area is 141 Å². The first-order valence-corrected chi connectivity index (χ1v) is 9.50. The van der Waals surface area contributed by atoms with Gasteiger partial charge in [-0.15, -0.1) is 0 Å². The third kappa shape index (κ3) is 4.18. The number of ether oxygens (including phenoxy) is 1. The van der Waals surface area contributed by atoms with Crippen LogP contribution in [0.5, 0.6) is 0 Å². The van der Waals surface area contributed by atoms with E-state index in [1.54, 1.807) is 0 Å². The number of guanidine groups is 1. The highest BCUT2D eigenvalue weighted by atomic mass is 16.5. The topological polar surface area (TPSA) is 40.1 Å². The molecule has 1 unspecified atom stereocenters. The Kier molecular flexibility index (Phi) is 5.47. The summed E-state index contributed by atoms with van der Waals surface area (Å²) in [5.74, 6) is 1.11. The van der Waals surface area contributed by atoms with Crippen LogP contribution < -0.4 is 5.32 Å². The maximum atomic E-state index is 5.65. The molecule has 3 fully saturated rings. The van der Waals surface area contributed by atoms with E-state index in [1.165, 1.54) is 25.7 Å². The fraction of sp³-hybridized carbons (Fsp3) is 0.944. The molecule has 2 saturated heterocycles. The lowest BCUT2D eigenvalue weighted by atomic mass is 9.87. The van der Waals surface area contributed by atoms with Crippen LogP contribution in [0.3, 0.4) is 0 Å². The van der Waals surface area contributed by atoms with Crippen LogP contribution in [0, 0.1) is 5.41 Å². The van der Waals surface area contributed by atoms with E-state index in [-0.39, 0.29) is 0 Å². The summed E-state index contributed by atoms with van der Waals surface area (Å²) in [6.45, 7) is 13.8. The number of hydrogen-bond donors (Lipinski definition) is 1. The van der Waals surface area contributed by atoms with Crippen LogP contribution in [0.25, 0.3) is 0 Å².